The van der Waals surface area contributed by atoms with E-state index in [0.29, 0.717) is 18.8 Å². The molecule has 0 aliphatic heterocycles. The van der Waals surface area contributed by atoms with Gasteiger partial charge in [-0.1, -0.05) is 19.1 Å². The molecule has 1 fully saturated rings. The van der Waals surface area contributed by atoms with Gasteiger partial charge in [0.1, 0.15) is 6.10 Å². The summed E-state index contributed by atoms with van der Waals surface area (Å²) in [6.45, 7) is 5.87. The third-order valence-electron chi connectivity index (χ3n) is 3.56. The maximum absolute atomic E-state index is 6.15. The second-order valence-electron chi connectivity index (χ2n) is 5.04. The molecule has 0 heterocycles. The minimum atomic E-state index is 0.305. The van der Waals surface area contributed by atoms with Gasteiger partial charge in [-0.15, -0.1) is 0 Å². The van der Waals surface area contributed by atoms with E-state index >= 15 is 0 Å². The Bertz CT molecular complexity index is 379. The molecule has 3 heteroatoms. The standard InChI is InChI=1S/C16H25NO2/c1-3-17-13-8-7-9-14(12-13)19-16-11-6-5-10-15(16)18-4-2/h5-6,10-11,13-14,17H,3-4,7-9,12H2,1-2H3. The van der Waals surface area contributed by atoms with Gasteiger partial charge in [0.2, 0.25) is 0 Å². The quantitative estimate of drug-likeness (QED) is 0.853. The lowest BCUT2D eigenvalue weighted by molar-refractivity contribution is 0.129. The topological polar surface area (TPSA) is 30.5 Å². The molecule has 0 saturated heterocycles. The van der Waals surface area contributed by atoms with Crippen LogP contribution >= 0.6 is 0 Å². The summed E-state index contributed by atoms with van der Waals surface area (Å²) >= 11 is 0. The summed E-state index contributed by atoms with van der Waals surface area (Å²) in [6.07, 6.45) is 5.04. The lowest BCUT2D eigenvalue weighted by atomic mass is 9.93. The molecule has 2 unspecified atom stereocenters. The number of nitrogens with one attached hydrogen (secondary N) is 1. The van der Waals surface area contributed by atoms with Crippen molar-refractivity contribution in [2.24, 2.45) is 0 Å². The Kier molecular flexibility index (Phi) is 5.52. The Hall–Kier alpha value is -1.22. The predicted octanol–water partition coefficient (Wildman–Crippen LogP) is 3.38. The van der Waals surface area contributed by atoms with Crippen LogP contribution in [0.5, 0.6) is 11.5 Å². The zero-order valence-electron chi connectivity index (χ0n) is 12.0. The highest BCUT2D eigenvalue weighted by molar-refractivity contribution is 5.39. The normalized spacial score (nSPS) is 23.1. The Morgan fingerprint density at radius 1 is 1.16 bits per heavy atom. The molecule has 0 spiro atoms. The van der Waals surface area contributed by atoms with E-state index in [4.69, 9.17) is 9.47 Å². The van der Waals surface area contributed by atoms with Crippen molar-refractivity contribution in [3.8, 4) is 11.5 Å². The Morgan fingerprint density at radius 3 is 2.68 bits per heavy atom. The molecule has 1 aliphatic carbocycles. The summed E-state index contributed by atoms with van der Waals surface area (Å²) in [5.74, 6) is 1.74. The van der Waals surface area contributed by atoms with E-state index in [9.17, 15) is 0 Å². The molecule has 1 aromatic carbocycles. The van der Waals surface area contributed by atoms with Gasteiger partial charge in [0.05, 0.1) is 6.61 Å². The molecular formula is C16H25NO2. The molecule has 3 nitrogen and oxygen atoms in total. The van der Waals surface area contributed by atoms with Crippen LogP contribution in [-0.4, -0.2) is 25.3 Å². The van der Waals surface area contributed by atoms with Gasteiger partial charge in [-0.25, -0.2) is 0 Å². The van der Waals surface area contributed by atoms with Crippen LogP contribution in [0.4, 0.5) is 0 Å². The molecule has 0 radical (unpaired) electrons. The summed E-state index contributed by atoms with van der Waals surface area (Å²) in [5, 5.41) is 3.53. The first-order valence-corrected chi connectivity index (χ1v) is 7.45. The van der Waals surface area contributed by atoms with Crippen LogP contribution in [0.2, 0.25) is 0 Å². The van der Waals surface area contributed by atoms with Crippen molar-refractivity contribution in [2.75, 3.05) is 13.2 Å². The van der Waals surface area contributed by atoms with Crippen LogP contribution in [0.3, 0.4) is 0 Å². The predicted molar refractivity (Wildman–Crippen MR) is 78.0 cm³/mol. The van der Waals surface area contributed by atoms with Gasteiger partial charge < -0.3 is 14.8 Å². The van der Waals surface area contributed by atoms with Crippen LogP contribution in [0.25, 0.3) is 0 Å². The highest BCUT2D eigenvalue weighted by Gasteiger charge is 2.23. The zero-order chi connectivity index (χ0) is 13.5. The lowest BCUT2D eigenvalue weighted by Crippen LogP contribution is -2.37. The first kappa shape index (κ1) is 14.2. The number of rotatable bonds is 6. The minimum Gasteiger partial charge on any atom is -0.490 e. The van der Waals surface area contributed by atoms with Crippen molar-refractivity contribution in [1.29, 1.82) is 0 Å². The smallest absolute Gasteiger partial charge is 0.161 e. The van der Waals surface area contributed by atoms with Gasteiger partial charge in [0.25, 0.3) is 0 Å². The summed E-state index contributed by atoms with van der Waals surface area (Å²) in [7, 11) is 0. The van der Waals surface area contributed by atoms with E-state index in [1.54, 1.807) is 0 Å². The zero-order valence-corrected chi connectivity index (χ0v) is 12.0. The SMILES string of the molecule is CCNC1CCCC(Oc2ccccc2OCC)C1. The Balaban J connectivity index is 1.96. The van der Waals surface area contributed by atoms with Crippen LogP contribution < -0.4 is 14.8 Å². The summed E-state index contributed by atoms with van der Waals surface area (Å²) in [5.41, 5.74) is 0. The number of benzene rings is 1. The third-order valence-corrected chi connectivity index (χ3v) is 3.56. The second kappa shape index (κ2) is 7.39. The minimum absolute atomic E-state index is 0.305. The van der Waals surface area contributed by atoms with Crippen molar-refractivity contribution in [3.63, 3.8) is 0 Å². The van der Waals surface area contributed by atoms with E-state index in [1.165, 1.54) is 12.8 Å². The Morgan fingerprint density at radius 2 is 1.95 bits per heavy atom. The van der Waals surface area contributed by atoms with Crippen LogP contribution in [0.1, 0.15) is 39.5 Å². The fraction of sp³-hybridized carbons (Fsp3) is 0.625. The third kappa shape index (κ3) is 4.13. The largest absolute Gasteiger partial charge is 0.490 e. The molecule has 2 atom stereocenters. The first-order chi connectivity index (χ1) is 9.33. The van der Waals surface area contributed by atoms with Crippen molar-refractivity contribution < 1.29 is 9.47 Å². The number of hydrogen-bond donors (Lipinski definition) is 1. The van der Waals surface area contributed by atoms with Gasteiger partial charge in [-0.3, -0.25) is 0 Å². The molecule has 2 rings (SSSR count). The van der Waals surface area contributed by atoms with Crippen molar-refractivity contribution >= 4 is 0 Å². The van der Waals surface area contributed by atoms with Gasteiger partial charge in [0, 0.05) is 6.04 Å². The molecule has 0 bridgehead atoms. The number of para-hydroxylation sites is 2. The molecule has 106 valence electrons. The first-order valence-electron chi connectivity index (χ1n) is 7.45. The van der Waals surface area contributed by atoms with E-state index in [0.717, 1.165) is 30.9 Å². The average molecular weight is 263 g/mol. The van der Waals surface area contributed by atoms with Crippen molar-refractivity contribution in [2.45, 2.75) is 51.7 Å². The maximum atomic E-state index is 6.15. The molecule has 0 amide bonds. The highest BCUT2D eigenvalue weighted by atomic mass is 16.5. The highest BCUT2D eigenvalue weighted by Crippen LogP contribution is 2.30. The monoisotopic (exact) mass is 263 g/mol. The number of hydrogen-bond acceptors (Lipinski definition) is 3. The van der Waals surface area contributed by atoms with E-state index in [-0.39, 0.29) is 0 Å². The second-order valence-corrected chi connectivity index (χ2v) is 5.04. The van der Waals surface area contributed by atoms with E-state index in [2.05, 4.69) is 12.2 Å². The van der Waals surface area contributed by atoms with Gasteiger partial charge in [0.15, 0.2) is 11.5 Å². The van der Waals surface area contributed by atoms with E-state index in [1.807, 2.05) is 31.2 Å². The van der Waals surface area contributed by atoms with Crippen molar-refractivity contribution in [3.05, 3.63) is 24.3 Å². The molecular weight excluding hydrogens is 238 g/mol. The molecule has 0 aromatic heterocycles. The maximum Gasteiger partial charge on any atom is 0.161 e. The van der Waals surface area contributed by atoms with Crippen LogP contribution in [0.15, 0.2) is 24.3 Å². The van der Waals surface area contributed by atoms with Gasteiger partial charge >= 0.3 is 0 Å². The average Bonchev–Trinajstić information content (AvgIpc) is 2.42. The van der Waals surface area contributed by atoms with Gasteiger partial charge in [-0.2, -0.15) is 0 Å². The molecule has 1 aromatic rings. The van der Waals surface area contributed by atoms with Gasteiger partial charge in [-0.05, 0) is 51.3 Å². The number of ether oxygens (including phenoxy) is 2. The van der Waals surface area contributed by atoms with Crippen molar-refractivity contribution in [1.82, 2.24) is 5.32 Å². The molecule has 1 N–H and O–H groups in total. The lowest BCUT2D eigenvalue weighted by Gasteiger charge is -2.30. The van der Waals surface area contributed by atoms with Crippen LogP contribution in [0, 0.1) is 0 Å². The summed E-state index contributed by atoms with van der Waals surface area (Å²) in [6, 6.07) is 8.57. The van der Waals surface area contributed by atoms with E-state index < -0.39 is 0 Å². The Labute approximate surface area is 116 Å². The molecule has 1 aliphatic rings. The van der Waals surface area contributed by atoms with Crippen LogP contribution in [-0.2, 0) is 0 Å². The fourth-order valence-corrected chi connectivity index (χ4v) is 2.73. The fourth-order valence-electron chi connectivity index (χ4n) is 2.73. The molecule has 1 saturated carbocycles. The summed E-state index contributed by atoms with van der Waals surface area (Å²) < 4.78 is 11.8. The molecule has 19 heavy (non-hydrogen) atoms. The summed E-state index contributed by atoms with van der Waals surface area (Å²) in [4.78, 5) is 0.